The number of ether oxygens (including phenoxy) is 2. The first-order valence-electron chi connectivity index (χ1n) is 18.5. The summed E-state index contributed by atoms with van der Waals surface area (Å²) in [6.45, 7) is 9.25. The number of hydrogen-bond acceptors (Lipinski definition) is 8. The molecule has 0 bridgehead atoms. The molecule has 6 heterocycles. The summed E-state index contributed by atoms with van der Waals surface area (Å²) in [6, 6.07) is 12.2. The number of halogens is 2. The van der Waals surface area contributed by atoms with E-state index in [1.165, 1.54) is 24.3 Å². The highest BCUT2D eigenvalue weighted by Gasteiger charge is 2.40. The Hall–Kier alpha value is -4.91. The molecule has 0 radical (unpaired) electrons. The van der Waals surface area contributed by atoms with Gasteiger partial charge in [0.25, 0.3) is 0 Å². The van der Waals surface area contributed by atoms with Crippen molar-refractivity contribution in [3.8, 4) is 22.3 Å². The van der Waals surface area contributed by atoms with Crippen LogP contribution in [0.2, 0.25) is 0 Å². The van der Waals surface area contributed by atoms with Crippen molar-refractivity contribution in [3.63, 3.8) is 0 Å². The number of aldehydes is 1. The number of rotatable bonds is 6. The minimum Gasteiger partial charge on any atom is -0.392 e. The van der Waals surface area contributed by atoms with E-state index < -0.39 is 0 Å². The van der Waals surface area contributed by atoms with Crippen LogP contribution in [0.5, 0.6) is 0 Å². The van der Waals surface area contributed by atoms with E-state index >= 15 is 0 Å². The van der Waals surface area contributed by atoms with Gasteiger partial charge in [-0.05, 0) is 65.6 Å². The Morgan fingerprint density at radius 2 is 1.19 bits per heavy atom. The molecule has 54 heavy (non-hydrogen) atoms. The van der Waals surface area contributed by atoms with Crippen LogP contribution >= 0.6 is 0 Å². The monoisotopic (exact) mass is 738 g/mol. The van der Waals surface area contributed by atoms with Gasteiger partial charge in [0.2, 0.25) is 11.8 Å². The summed E-state index contributed by atoms with van der Waals surface area (Å²) in [6.07, 6.45) is 3.24. The molecule has 2 atom stereocenters. The number of pyridine rings is 2. The molecule has 8 rings (SSSR count). The second kappa shape index (κ2) is 15.4. The first kappa shape index (κ1) is 37.4. The third-order valence-electron chi connectivity index (χ3n) is 10.6. The number of nitrogens with zero attached hydrogens (tertiary/aromatic N) is 4. The molecule has 1 N–H and O–H groups in total. The topological polar surface area (TPSA) is 122 Å². The first-order chi connectivity index (χ1) is 26.0. The van der Waals surface area contributed by atoms with Crippen molar-refractivity contribution in [1.82, 2.24) is 9.97 Å². The Morgan fingerprint density at radius 3 is 1.63 bits per heavy atom. The molecule has 4 aromatic rings. The summed E-state index contributed by atoms with van der Waals surface area (Å²) in [5.41, 5.74) is 7.07. The molecule has 2 fully saturated rings. The highest BCUT2D eigenvalue weighted by atomic mass is 19.1. The predicted molar refractivity (Wildman–Crippen MR) is 199 cm³/mol. The molecular weight excluding hydrogens is 694 g/mol. The Morgan fingerprint density at radius 1 is 0.741 bits per heavy atom. The number of hydrogen-bond donors (Lipinski definition) is 1. The van der Waals surface area contributed by atoms with Gasteiger partial charge < -0.3 is 14.6 Å². The van der Waals surface area contributed by atoms with E-state index in [1.54, 1.807) is 34.1 Å². The zero-order valence-electron chi connectivity index (χ0n) is 30.9. The smallest absolute Gasteiger partial charge is 0.228 e. The number of carbonyl (C=O) groups is 3. The van der Waals surface area contributed by atoms with Gasteiger partial charge in [-0.25, -0.2) is 18.7 Å². The van der Waals surface area contributed by atoms with E-state index in [-0.39, 0.29) is 60.6 Å². The molecule has 12 heteroatoms. The second-order valence-corrected chi connectivity index (χ2v) is 14.8. The zero-order valence-corrected chi connectivity index (χ0v) is 30.9. The summed E-state index contributed by atoms with van der Waals surface area (Å²) in [5, 5.41) is 10.1. The minimum atomic E-state index is -0.346. The van der Waals surface area contributed by atoms with E-state index in [9.17, 15) is 28.3 Å². The Labute approximate surface area is 313 Å². The Balaban J connectivity index is 0.000000167. The number of aromatic nitrogens is 2. The molecule has 0 aliphatic carbocycles. The van der Waals surface area contributed by atoms with Crippen molar-refractivity contribution in [3.05, 3.63) is 93.8 Å². The van der Waals surface area contributed by atoms with Crippen LogP contribution in [0.1, 0.15) is 104 Å². The normalized spacial score (nSPS) is 19.1. The number of aliphatic hydroxyl groups excluding tert-OH is 1. The fourth-order valence-electron chi connectivity index (χ4n) is 8.07. The molecule has 2 aromatic carbocycles. The van der Waals surface area contributed by atoms with Crippen LogP contribution < -0.4 is 9.80 Å². The van der Waals surface area contributed by atoms with Crippen LogP contribution in [0.15, 0.2) is 48.5 Å². The molecule has 2 amide bonds. The SMILES string of the molecule is CC(C)c1nc2c(c(-c3ccc(F)cc3)c1C=O)COC[C@H]1CCC(=O)N21.CC(C)c1nc2c(c(-c3ccc(F)cc3)c1CO)COC[C@H]1CCC(=O)N21. The number of carbonyl (C=O) groups excluding carboxylic acids is 3. The van der Waals surface area contributed by atoms with Gasteiger partial charge in [-0.15, -0.1) is 0 Å². The highest BCUT2D eigenvalue weighted by Crippen LogP contribution is 2.43. The van der Waals surface area contributed by atoms with E-state index in [1.807, 2.05) is 27.7 Å². The van der Waals surface area contributed by atoms with Gasteiger partial charge in [0.15, 0.2) is 6.29 Å². The van der Waals surface area contributed by atoms with Crippen molar-refractivity contribution < 1.29 is 37.7 Å². The molecule has 2 aromatic heterocycles. The lowest BCUT2D eigenvalue weighted by atomic mass is 9.90. The largest absolute Gasteiger partial charge is 0.392 e. The van der Waals surface area contributed by atoms with E-state index in [0.29, 0.717) is 77.8 Å². The van der Waals surface area contributed by atoms with Crippen LogP contribution in [0, 0.1) is 11.6 Å². The quantitative estimate of drug-likeness (QED) is 0.204. The first-order valence-corrected chi connectivity index (χ1v) is 18.5. The maximum Gasteiger partial charge on any atom is 0.228 e. The highest BCUT2D eigenvalue weighted by molar-refractivity contribution is 6.00. The third kappa shape index (κ3) is 6.82. The van der Waals surface area contributed by atoms with Gasteiger partial charge in [0.1, 0.15) is 23.3 Å². The maximum atomic E-state index is 13.5. The lowest BCUT2D eigenvalue weighted by molar-refractivity contribution is -0.118. The van der Waals surface area contributed by atoms with Gasteiger partial charge in [-0.1, -0.05) is 52.0 Å². The molecule has 2 saturated heterocycles. The van der Waals surface area contributed by atoms with Crippen molar-refractivity contribution in [2.45, 2.75) is 97.1 Å². The summed E-state index contributed by atoms with van der Waals surface area (Å²) in [4.78, 5) is 50.3. The van der Waals surface area contributed by atoms with E-state index in [0.717, 1.165) is 41.5 Å². The summed E-state index contributed by atoms with van der Waals surface area (Å²) in [5.74, 6) is 0.677. The number of benzene rings is 2. The fourth-order valence-corrected chi connectivity index (χ4v) is 8.07. The molecule has 4 aliphatic heterocycles. The zero-order chi connectivity index (χ0) is 38.3. The predicted octanol–water partition coefficient (Wildman–Crippen LogP) is 7.38. The molecule has 4 aliphatic rings. The van der Waals surface area contributed by atoms with Gasteiger partial charge in [0, 0.05) is 40.7 Å². The maximum absolute atomic E-state index is 13.5. The number of fused-ring (bicyclic) bond motifs is 6. The van der Waals surface area contributed by atoms with Crippen molar-refractivity contribution >= 4 is 29.7 Å². The van der Waals surface area contributed by atoms with Gasteiger partial charge >= 0.3 is 0 Å². The summed E-state index contributed by atoms with van der Waals surface area (Å²) >= 11 is 0. The van der Waals surface area contributed by atoms with Crippen LogP contribution in [-0.2, 0) is 38.9 Å². The standard InChI is InChI=1S/C21H23FN2O3.C21H21FN2O3/c2*1-12(2)20-16(9-25)19(13-3-5-14(22)6-4-13)17-11-27-10-15-7-8-18(26)24(15)21(17)23-20/h3-6,12,15,25H,7-11H2,1-2H3;3-6,9,12,15H,7-8,10-11H2,1-2H3/t2*15-/m11/s1. The van der Waals surface area contributed by atoms with Crippen LogP contribution in [0.25, 0.3) is 22.3 Å². The number of amides is 2. The molecule has 0 unspecified atom stereocenters. The molecule has 282 valence electrons. The Kier molecular flexibility index (Phi) is 10.7. The molecule has 0 spiro atoms. The molecule has 0 saturated carbocycles. The second-order valence-electron chi connectivity index (χ2n) is 14.8. The van der Waals surface area contributed by atoms with Crippen LogP contribution in [-0.4, -0.2) is 58.5 Å². The van der Waals surface area contributed by atoms with E-state index in [2.05, 4.69) is 0 Å². The molecule has 10 nitrogen and oxygen atoms in total. The van der Waals surface area contributed by atoms with Crippen molar-refractivity contribution in [2.24, 2.45) is 0 Å². The summed E-state index contributed by atoms with van der Waals surface area (Å²) < 4.78 is 38.7. The van der Waals surface area contributed by atoms with E-state index in [4.69, 9.17) is 19.4 Å². The average Bonchev–Trinajstić information content (AvgIpc) is 3.57. The lowest BCUT2D eigenvalue weighted by Crippen LogP contribution is -2.36. The third-order valence-corrected chi connectivity index (χ3v) is 10.6. The van der Waals surface area contributed by atoms with Crippen LogP contribution in [0.3, 0.4) is 0 Å². The fraction of sp³-hybridized carbons (Fsp3) is 0.405. The number of aliphatic hydroxyl groups is 1. The van der Waals surface area contributed by atoms with Gasteiger partial charge in [-0.2, -0.15) is 0 Å². The minimum absolute atomic E-state index is 0.00461. The van der Waals surface area contributed by atoms with Crippen molar-refractivity contribution in [1.29, 1.82) is 0 Å². The Bertz CT molecular complexity index is 2090. The van der Waals surface area contributed by atoms with Crippen molar-refractivity contribution in [2.75, 3.05) is 23.0 Å². The lowest BCUT2D eigenvalue weighted by Gasteiger charge is -2.26. The summed E-state index contributed by atoms with van der Waals surface area (Å²) in [7, 11) is 0. The molecular formula is C42H44F2N4O6. The average molecular weight is 739 g/mol. The van der Waals surface area contributed by atoms with Gasteiger partial charge in [0.05, 0.1) is 56.5 Å². The number of anilines is 2. The van der Waals surface area contributed by atoms with Gasteiger partial charge in [-0.3, -0.25) is 24.2 Å². The van der Waals surface area contributed by atoms with Crippen LogP contribution in [0.4, 0.5) is 20.4 Å².